The molecule has 0 saturated heterocycles. The fourth-order valence-corrected chi connectivity index (χ4v) is 2.16. The number of aromatic carboxylic acids is 1. The van der Waals surface area contributed by atoms with Crippen molar-refractivity contribution in [2.24, 2.45) is 0 Å². The number of carboxylic acids is 1. The van der Waals surface area contributed by atoms with Crippen LogP contribution in [0.4, 0.5) is 5.82 Å². The Hall–Kier alpha value is -1.59. The van der Waals surface area contributed by atoms with E-state index in [1.807, 2.05) is 24.3 Å². The lowest BCUT2D eigenvalue weighted by atomic mass is 10.2. The molecular weight excluding hydrogens is 332 g/mol. The van der Waals surface area contributed by atoms with Gasteiger partial charge in [-0.05, 0) is 17.7 Å². The van der Waals surface area contributed by atoms with Crippen molar-refractivity contribution in [2.75, 3.05) is 5.32 Å². The van der Waals surface area contributed by atoms with Crippen LogP contribution in [0.2, 0.25) is 5.02 Å². The second-order valence-corrected chi connectivity index (χ2v) is 5.07. The summed E-state index contributed by atoms with van der Waals surface area (Å²) in [7, 11) is 0. The number of hydrogen-bond donors (Lipinski definition) is 2. The Morgan fingerprint density at radius 2 is 2.16 bits per heavy atom. The Balaban J connectivity index is 2.12. The van der Waals surface area contributed by atoms with Gasteiger partial charge in [0.15, 0.2) is 0 Å². The van der Waals surface area contributed by atoms with E-state index >= 15 is 0 Å². The van der Waals surface area contributed by atoms with E-state index in [0.29, 0.717) is 12.4 Å². The highest BCUT2D eigenvalue weighted by Crippen LogP contribution is 2.22. The lowest BCUT2D eigenvalue weighted by Crippen LogP contribution is -2.04. The first kappa shape index (κ1) is 13.8. The van der Waals surface area contributed by atoms with E-state index in [2.05, 4.69) is 26.2 Å². The predicted octanol–water partition coefficient (Wildman–Crippen LogP) is 3.81. The monoisotopic (exact) mass is 340 g/mol. The fraction of sp³-hybridized carbons (Fsp3) is 0.0769. The molecule has 0 aliphatic heterocycles. The molecule has 0 aliphatic rings. The van der Waals surface area contributed by atoms with Gasteiger partial charge in [-0.2, -0.15) is 0 Å². The number of pyridine rings is 1. The van der Waals surface area contributed by atoms with Crippen LogP contribution < -0.4 is 5.32 Å². The summed E-state index contributed by atoms with van der Waals surface area (Å²) >= 11 is 9.43. The van der Waals surface area contributed by atoms with Crippen molar-refractivity contribution in [3.05, 3.63) is 57.2 Å². The topological polar surface area (TPSA) is 62.2 Å². The van der Waals surface area contributed by atoms with Crippen molar-refractivity contribution in [3.63, 3.8) is 0 Å². The number of benzene rings is 1. The summed E-state index contributed by atoms with van der Waals surface area (Å²) in [6.07, 6.45) is 1.27. The second-order valence-electron chi connectivity index (χ2n) is 3.80. The zero-order valence-corrected chi connectivity index (χ0v) is 12.1. The van der Waals surface area contributed by atoms with Crippen LogP contribution in [-0.4, -0.2) is 16.1 Å². The maximum absolute atomic E-state index is 10.8. The van der Waals surface area contributed by atoms with Crippen LogP contribution in [0.3, 0.4) is 0 Å². The molecule has 0 saturated carbocycles. The standard InChI is InChI=1S/C13H10BrClN2O2/c14-10-4-2-1-3-8(10)6-16-12-11(15)5-9(7-17-12)13(18)19/h1-5,7H,6H2,(H,16,17)(H,18,19). The van der Waals surface area contributed by atoms with Gasteiger partial charge in [-0.15, -0.1) is 0 Å². The van der Waals surface area contributed by atoms with Crippen molar-refractivity contribution < 1.29 is 9.90 Å². The molecule has 4 nitrogen and oxygen atoms in total. The van der Waals surface area contributed by atoms with E-state index in [4.69, 9.17) is 16.7 Å². The van der Waals surface area contributed by atoms with Gasteiger partial charge in [0.25, 0.3) is 0 Å². The third kappa shape index (κ3) is 3.45. The highest BCUT2D eigenvalue weighted by atomic mass is 79.9. The van der Waals surface area contributed by atoms with Gasteiger partial charge >= 0.3 is 5.97 Å². The number of nitrogens with one attached hydrogen (secondary N) is 1. The van der Waals surface area contributed by atoms with Gasteiger partial charge in [0.2, 0.25) is 0 Å². The number of carbonyl (C=O) groups is 1. The molecule has 2 N–H and O–H groups in total. The number of nitrogens with zero attached hydrogens (tertiary/aromatic N) is 1. The summed E-state index contributed by atoms with van der Waals surface area (Å²) in [6.45, 7) is 0.542. The van der Waals surface area contributed by atoms with Crippen molar-refractivity contribution in [1.29, 1.82) is 0 Å². The first-order chi connectivity index (χ1) is 9.08. The summed E-state index contributed by atoms with van der Waals surface area (Å²) < 4.78 is 0.987. The van der Waals surface area contributed by atoms with Crippen molar-refractivity contribution in [3.8, 4) is 0 Å². The molecule has 1 aromatic carbocycles. The number of rotatable bonds is 4. The molecular formula is C13H10BrClN2O2. The van der Waals surface area contributed by atoms with Crippen LogP contribution in [0.1, 0.15) is 15.9 Å². The van der Waals surface area contributed by atoms with E-state index in [9.17, 15) is 4.79 Å². The number of anilines is 1. The SMILES string of the molecule is O=C(O)c1cnc(NCc2ccccc2Br)c(Cl)c1. The summed E-state index contributed by atoms with van der Waals surface area (Å²) in [4.78, 5) is 14.8. The van der Waals surface area contributed by atoms with Gasteiger partial charge in [-0.3, -0.25) is 0 Å². The molecule has 0 atom stereocenters. The Morgan fingerprint density at radius 3 is 2.79 bits per heavy atom. The summed E-state index contributed by atoms with van der Waals surface area (Å²) in [6, 6.07) is 9.15. The van der Waals surface area contributed by atoms with Crippen LogP contribution in [0.5, 0.6) is 0 Å². The fourth-order valence-electron chi connectivity index (χ4n) is 1.51. The summed E-state index contributed by atoms with van der Waals surface area (Å²) in [5.74, 6) is -0.589. The smallest absolute Gasteiger partial charge is 0.337 e. The molecule has 0 aliphatic carbocycles. The minimum absolute atomic E-state index is 0.0661. The first-order valence-corrected chi connectivity index (χ1v) is 6.61. The molecule has 6 heteroatoms. The van der Waals surface area contributed by atoms with E-state index in [1.165, 1.54) is 12.3 Å². The van der Waals surface area contributed by atoms with E-state index in [1.54, 1.807) is 0 Å². The summed E-state index contributed by atoms with van der Waals surface area (Å²) in [5, 5.41) is 12.2. The maximum Gasteiger partial charge on any atom is 0.337 e. The molecule has 0 unspecified atom stereocenters. The van der Waals surface area contributed by atoms with Crippen molar-refractivity contribution in [2.45, 2.75) is 6.54 Å². The number of aromatic nitrogens is 1. The highest BCUT2D eigenvalue weighted by Gasteiger charge is 2.08. The lowest BCUT2D eigenvalue weighted by molar-refractivity contribution is 0.0696. The molecule has 2 rings (SSSR count). The van der Waals surface area contributed by atoms with Gasteiger partial charge in [0.05, 0.1) is 10.6 Å². The minimum atomic E-state index is -1.05. The normalized spacial score (nSPS) is 10.2. The molecule has 0 fully saturated rings. The molecule has 0 radical (unpaired) electrons. The zero-order chi connectivity index (χ0) is 13.8. The first-order valence-electron chi connectivity index (χ1n) is 5.44. The average molecular weight is 342 g/mol. The number of hydrogen-bond acceptors (Lipinski definition) is 3. The quantitative estimate of drug-likeness (QED) is 0.888. The van der Waals surface area contributed by atoms with Gasteiger partial charge in [-0.25, -0.2) is 9.78 Å². The van der Waals surface area contributed by atoms with E-state index in [-0.39, 0.29) is 10.6 Å². The molecule has 1 aromatic heterocycles. The number of carboxylic acid groups (broad SMARTS) is 1. The molecule has 0 bridgehead atoms. The Bertz CT molecular complexity index is 619. The van der Waals surface area contributed by atoms with E-state index in [0.717, 1.165) is 10.0 Å². The minimum Gasteiger partial charge on any atom is -0.478 e. The highest BCUT2D eigenvalue weighted by molar-refractivity contribution is 9.10. The van der Waals surface area contributed by atoms with Gasteiger partial charge in [-0.1, -0.05) is 45.7 Å². The molecule has 98 valence electrons. The molecule has 2 aromatic rings. The van der Waals surface area contributed by atoms with Gasteiger partial charge < -0.3 is 10.4 Å². The Kier molecular flexibility index (Phi) is 4.39. The molecule has 0 spiro atoms. The predicted molar refractivity (Wildman–Crippen MR) is 77.7 cm³/mol. The van der Waals surface area contributed by atoms with Crippen LogP contribution in [-0.2, 0) is 6.54 Å². The lowest BCUT2D eigenvalue weighted by Gasteiger charge is -2.09. The Morgan fingerprint density at radius 1 is 1.42 bits per heavy atom. The van der Waals surface area contributed by atoms with Crippen LogP contribution >= 0.6 is 27.5 Å². The molecule has 0 amide bonds. The van der Waals surface area contributed by atoms with Crippen LogP contribution in [0, 0.1) is 0 Å². The molecule has 1 heterocycles. The zero-order valence-electron chi connectivity index (χ0n) is 9.73. The average Bonchev–Trinajstić information content (AvgIpc) is 2.39. The largest absolute Gasteiger partial charge is 0.478 e. The van der Waals surface area contributed by atoms with E-state index < -0.39 is 5.97 Å². The van der Waals surface area contributed by atoms with Crippen molar-refractivity contribution in [1.82, 2.24) is 4.98 Å². The van der Waals surface area contributed by atoms with Crippen LogP contribution in [0.25, 0.3) is 0 Å². The van der Waals surface area contributed by atoms with Crippen molar-refractivity contribution >= 4 is 39.3 Å². The third-order valence-corrected chi connectivity index (χ3v) is 3.55. The number of halogens is 2. The second kappa shape index (κ2) is 6.04. The Labute approximate surface area is 123 Å². The molecule has 19 heavy (non-hydrogen) atoms. The van der Waals surface area contributed by atoms with Gasteiger partial charge in [0.1, 0.15) is 5.82 Å². The third-order valence-electron chi connectivity index (χ3n) is 2.49. The summed E-state index contributed by atoms with van der Waals surface area (Å²) in [5.41, 5.74) is 1.12. The maximum atomic E-state index is 10.8. The van der Waals surface area contributed by atoms with Crippen LogP contribution in [0.15, 0.2) is 41.0 Å². The van der Waals surface area contributed by atoms with Gasteiger partial charge in [0, 0.05) is 17.2 Å².